The van der Waals surface area contributed by atoms with Crippen molar-refractivity contribution in [2.45, 2.75) is 83.2 Å². The Morgan fingerprint density at radius 1 is 1.02 bits per heavy atom. The van der Waals surface area contributed by atoms with Gasteiger partial charge in [-0.2, -0.15) is 0 Å². The molecule has 10 heteroatoms. The van der Waals surface area contributed by atoms with Gasteiger partial charge in [-0.25, -0.2) is 0 Å². The number of amides is 2. The molecule has 0 bridgehead atoms. The Labute approximate surface area is 251 Å². The van der Waals surface area contributed by atoms with Crippen LogP contribution in [0.3, 0.4) is 0 Å². The number of aromatic nitrogens is 1. The highest BCUT2D eigenvalue weighted by atomic mass is 35.5. The van der Waals surface area contributed by atoms with E-state index in [1.807, 2.05) is 17.9 Å². The van der Waals surface area contributed by atoms with Crippen LogP contribution in [0.25, 0.3) is 0 Å². The average molecular weight is 598 g/mol. The molecule has 8 nitrogen and oxygen atoms in total. The molecule has 0 saturated carbocycles. The quantitative estimate of drug-likeness (QED) is 0.408. The summed E-state index contributed by atoms with van der Waals surface area (Å²) in [5.41, 5.74) is 0.629. The highest BCUT2D eigenvalue weighted by Crippen LogP contribution is 2.43. The minimum Gasteiger partial charge on any atom is -0.466 e. The normalized spacial score (nSPS) is 26.6. The van der Waals surface area contributed by atoms with Crippen LogP contribution in [0, 0.1) is 17.8 Å². The Kier molecular flexibility index (Phi) is 12.5. The van der Waals surface area contributed by atoms with E-state index in [2.05, 4.69) is 14.8 Å². The summed E-state index contributed by atoms with van der Waals surface area (Å²) in [5.74, 6) is 1.57. The Morgan fingerprint density at radius 3 is 2.48 bits per heavy atom. The lowest BCUT2D eigenvalue weighted by molar-refractivity contribution is -0.148. The van der Waals surface area contributed by atoms with Crippen LogP contribution in [-0.4, -0.2) is 88.9 Å². The summed E-state index contributed by atoms with van der Waals surface area (Å²) < 4.78 is 5.17. The molecule has 5 heterocycles. The molecule has 0 spiro atoms. The van der Waals surface area contributed by atoms with Crippen molar-refractivity contribution in [1.29, 1.82) is 0 Å². The summed E-state index contributed by atoms with van der Waals surface area (Å²) in [6.07, 6.45) is 12.5. The molecule has 40 heavy (non-hydrogen) atoms. The summed E-state index contributed by atoms with van der Waals surface area (Å²) in [5, 5.41) is 0. The first-order valence-electron chi connectivity index (χ1n) is 14.9. The lowest BCUT2D eigenvalue weighted by Gasteiger charge is -2.57. The standard InChI is InChI=1S/C30H44N4O4.2ClH/c1-2-38-28(36)11-3-10-26-25-9-6-16-32-15-5-8-24(29(25)32)21-34(26)27(35)19-22-12-17-33(18-13-22)30(37)23-7-4-14-31-20-23;;/h4,7,14,20,22,24-26,29H,2-3,5-6,8-13,15-19,21H2,1H3;2*1H. The maximum absolute atomic E-state index is 13.9. The Hall–Kier alpha value is -1.90. The second-order valence-electron chi connectivity index (χ2n) is 11.7. The Morgan fingerprint density at radius 2 is 1.77 bits per heavy atom. The van der Waals surface area contributed by atoms with Gasteiger partial charge in [-0.3, -0.25) is 24.3 Å². The van der Waals surface area contributed by atoms with Gasteiger partial charge < -0.3 is 14.5 Å². The van der Waals surface area contributed by atoms with Gasteiger partial charge in [0.15, 0.2) is 0 Å². The van der Waals surface area contributed by atoms with E-state index in [1.165, 1.54) is 38.8 Å². The number of esters is 1. The van der Waals surface area contributed by atoms with Crippen LogP contribution in [0.2, 0.25) is 0 Å². The van der Waals surface area contributed by atoms with Gasteiger partial charge in [0.25, 0.3) is 5.91 Å². The second kappa shape index (κ2) is 15.4. The molecular weight excluding hydrogens is 551 g/mol. The van der Waals surface area contributed by atoms with E-state index in [9.17, 15) is 14.4 Å². The van der Waals surface area contributed by atoms with Crippen LogP contribution < -0.4 is 0 Å². The van der Waals surface area contributed by atoms with Crippen molar-refractivity contribution >= 4 is 42.6 Å². The van der Waals surface area contributed by atoms with Crippen molar-refractivity contribution in [3.8, 4) is 0 Å². The van der Waals surface area contributed by atoms with Gasteiger partial charge in [-0.15, -0.1) is 24.8 Å². The number of pyridine rings is 1. The summed E-state index contributed by atoms with van der Waals surface area (Å²) in [7, 11) is 0. The van der Waals surface area contributed by atoms with Gasteiger partial charge in [0.05, 0.1) is 12.2 Å². The lowest BCUT2D eigenvalue weighted by Crippen LogP contribution is -2.65. The number of likely N-dealkylation sites (tertiary alicyclic amines) is 2. The molecule has 0 aliphatic carbocycles. The van der Waals surface area contributed by atoms with E-state index in [1.54, 1.807) is 18.5 Å². The first kappa shape index (κ1) is 32.6. The molecule has 4 aliphatic rings. The Balaban J connectivity index is 0.00000220. The minimum atomic E-state index is -0.130. The zero-order valence-corrected chi connectivity index (χ0v) is 25.4. The monoisotopic (exact) mass is 596 g/mol. The van der Waals surface area contributed by atoms with Crippen molar-refractivity contribution < 1.29 is 19.1 Å². The van der Waals surface area contributed by atoms with E-state index in [-0.39, 0.29) is 48.6 Å². The molecule has 0 aromatic carbocycles. The van der Waals surface area contributed by atoms with E-state index >= 15 is 0 Å². The predicted octanol–water partition coefficient (Wildman–Crippen LogP) is 4.60. The molecule has 0 N–H and O–H groups in total. The highest BCUT2D eigenvalue weighted by molar-refractivity contribution is 5.94. The number of piperidine rings is 4. The zero-order valence-electron chi connectivity index (χ0n) is 23.7. The van der Waals surface area contributed by atoms with E-state index < -0.39 is 0 Å². The number of carbonyl (C=O) groups excluding carboxylic acids is 3. The smallest absolute Gasteiger partial charge is 0.305 e. The number of halogens is 2. The van der Waals surface area contributed by atoms with Crippen LogP contribution in [-0.2, 0) is 14.3 Å². The molecule has 4 aliphatic heterocycles. The van der Waals surface area contributed by atoms with Gasteiger partial charge in [0.1, 0.15) is 0 Å². The van der Waals surface area contributed by atoms with Crippen LogP contribution in [0.4, 0.5) is 0 Å². The van der Waals surface area contributed by atoms with E-state index in [0.717, 1.165) is 32.2 Å². The fraction of sp³-hybridized carbons (Fsp3) is 0.733. The molecule has 5 rings (SSSR count). The van der Waals surface area contributed by atoms with Crippen LogP contribution in [0.1, 0.15) is 81.5 Å². The van der Waals surface area contributed by atoms with Gasteiger partial charge in [-0.1, -0.05) is 0 Å². The fourth-order valence-corrected chi connectivity index (χ4v) is 7.72. The van der Waals surface area contributed by atoms with Crippen molar-refractivity contribution in [3.63, 3.8) is 0 Å². The third kappa shape index (κ3) is 7.48. The maximum Gasteiger partial charge on any atom is 0.305 e. The number of hydrogen-bond acceptors (Lipinski definition) is 6. The van der Waals surface area contributed by atoms with Gasteiger partial charge in [0, 0.05) is 57.0 Å². The first-order chi connectivity index (χ1) is 18.5. The number of rotatable bonds is 8. The molecule has 4 unspecified atom stereocenters. The van der Waals surface area contributed by atoms with Crippen molar-refractivity contribution in [2.24, 2.45) is 17.8 Å². The summed E-state index contributed by atoms with van der Waals surface area (Å²) >= 11 is 0. The molecule has 1 aromatic rings. The van der Waals surface area contributed by atoms with Crippen molar-refractivity contribution in [1.82, 2.24) is 19.7 Å². The number of nitrogens with zero attached hydrogens (tertiary/aromatic N) is 4. The first-order valence-corrected chi connectivity index (χ1v) is 14.9. The van der Waals surface area contributed by atoms with Crippen LogP contribution in [0.5, 0.6) is 0 Å². The molecule has 0 radical (unpaired) electrons. The molecule has 1 aromatic heterocycles. The van der Waals surface area contributed by atoms with Crippen molar-refractivity contribution in [3.05, 3.63) is 30.1 Å². The molecule has 2 amide bonds. The average Bonchev–Trinajstić information content (AvgIpc) is 2.95. The molecule has 4 fully saturated rings. The third-order valence-electron chi connectivity index (χ3n) is 9.45. The van der Waals surface area contributed by atoms with E-state index in [0.29, 0.717) is 61.9 Å². The lowest BCUT2D eigenvalue weighted by atomic mass is 9.69. The molecule has 4 saturated heterocycles. The van der Waals surface area contributed by atoms with Crippen LogP contribution >= 0.6 is 24.8 Å². The predicted molar refractivity (Wildman–Crippen MR) is 159 cm³/mol. The molecular formula is C30H46Cl2N4O4. The third-order valence-corrected chi connectivity index (χ3v) is 9.45. The topological polar surface area (TPSA) is 83.0 Å². The van der Waals surface area contributed by atoms with Gasteiger partial charge in [0.2, 0.25) is 5.91 Å². The number of carbonyl (C=O) groups is 3. The van der Waals surface area contributed by atoms with Gasteiger partial charge in [-0.05, 0) is 101 Å². The fourth-order valence-electron chi connectivity index (χ4n) is 7.72. The van der Waals surface area contributed by atoms with Crippen molar-refractivity contribution in [2.75, 3.05) is 39.3 Å². The summed E-state index contributed by atoms with van der Waals surface area (Å²) in [4.78, 5) is 49.6. The second-order valence-corrected chi connectivity index (χ2v) is 11.7. The van der Waals surface area contributed by atoms with Crippen LogP contribution in [0.15, 0.2) is 24.5 Å². The van der Waals surface area contributed by atoms with E-state index in [4.69, 9.17) is 4.74 Å². The summed E-state index contributed by atoms with van der Waals surface area (Å²) in [6.45, 7) is 6.89. The summed E-state index contributed by atoms with van der Waals surface area (Å²) in [6, 6.07) is 4.42. The largest absolute Gasteiger partial charge is 0.466 e. The number of hydrogen-bond donors (Lipinski definition) is 0. The molecule has 224 valence electrons. The highest BCUT2D eigenvalue weighted by Gasteiger charge is 2.49. The molecule has 4 atom stereocenters. The Bertz CT molecular complexity index is 974. The maximum atomic E-state index is 13.9. The zero-order chi connectivity index (χ0) is 26.5. The SMILES string of the molecule is CCOC(=O)CCCC1C2CCCN3CCCC(CN1C(=O)CC1CCN(C(=O)c4cccnc4)CC1)C23.Cl.Cl. The minimum absolute atomic E-state index is 0. The van der Waals surface area contributed by atoms with Gasteiger partial charge >= 0.3 is 5.97 Å². The number of ether oxygens (including phenoxy) is 1.